The predicted octanol–water partition coefficient (Wildman–Crippen LogP) is 1.06. The molecule has 0 aliphatic heterocycles. The third kappa shape index (κ3) is 3.83. The summed E-state index contributed by atoms with van der Waals surface area (Å²) in [6.07, 6.45) is 1.18. The molecule has 90 valence electrons. The molecule has 0 saturated carbocycles. The molecule has 0 saturated heterocycles. The van der Waals surface area contributed by atoms with E-state index in [1.807, 2.05) is 6.92 Å². The van der Waals surface area contributed by atoms with Gasteiger partial charge in [0.2, 0.25) is 0 Å². The second kappa shape index (κ2) is 5.32. The lowest BCUT2D eigenvalue weighted by Crippen LogP contribution is -2.18. The maximum Gasteiger partial charge on any atom is 0.175 e. The molecule has 0 radical (unpaired) electrons. The molecule has 0 aliphatic rings. The Hall–Kier alpha value is -1.07. The predicted molar refractivity (Wildman–Crippen MR) is 63.3 cm³/mol. The standard InChI is InChI=1S/C11H17NO3S/c1-9(7-12)8-15-10-3-5-11(6-4-10)16(2,13)14/h3-6,9H,7-8,12H2,1-2H3. The minimum atomic E-state index is -3.13. The molecule has 0 spiro atoms. The number of ether oxygens (including phenoxy) is 1. The first-order chi connectivity index (χ1) is 7.43. The lowest BCUT2D eigenvalue weighted by atomic mass is 10.2. The summed E-state index contributed by atoms with van der Waals surface area (Å²) in [6, 6.07) is 6.38. The van der Waals surface area contributed by atoms with Crippen molar-refractivity contribution in [1.82, 2.24) is 0 Å². The summed E-state index contributed by atoms with van der Waals surface area (Å²) in [4.78, 5) is 0.298. The number of benzene rings is 1. The van der Waals surface area contributed by atoms with E-state index in [-0.39, 0.29) is 5.92 Å². The van der Waals surface area contributed by atoms with Crippen LogP contribution in [0.5, 0.6) is 5.75 Å². The van der Waals surface area contributed by atoms with Crippen LogP contribution >= 0.6 is 0 Å². The van der Waals surface area contributed by atoms with Crippen molar-refractivity contribution in [2.24, 2.45) is 11.7 Å². The van der Waals surface area contributed by atoms with Gasteiger partial charge in [0.05, 0.1) is 11.5 Å². The van der Waals surface area contributed by atoms with E-state index in [9.17, 15) is 8.42 Å². The van der Waals surface area contributed by atoms with Gasteiger partial charge in [-0.15, -0.1) is 0 Å². The maximum absolute atomic E-state index is 11.2. The van der Waals surface area contributed by atoms with Crippen LogP contribution in [0.1, 0.15) is 6.92 Å². The van der Waals surface area contributed by atoms with Crippen molar-refractivity contribution >= 4 is 9.84 Å². The van der Waals surface area contributed by atoms with Gasteiger partial charge in [-0.2, -0.15) is 0 Å². The van der Waals surface area contributed by atoms with Crippen molar-refractivity contribution in [2.45, 2.75) is 11.8 Å². The number of hydrogen-bond acceptors (Lipinski definition) is 4. The summed E-state index contributed by atoms with van der Waals surface area (Å²) in [7, 11) is -3.13. The van der Waals surface area contributed by atoms with Gasteiger partial charge in [0, 0.05) is 12.2 Å². The van der Waals surface area contributed by atoms with Crippen molar-refractivity contribution in [1.29, 1.82) is 0 Å². The Morgan fingerprint density at radius 1 is 1.31 bits per heavy atom. The van der Waals surface area contributed by atoms with E-state index >= 15 is 0 Å². The summed E-state index contributed by atoms with van der Waals surface area (Å²) < 4.78 is 27.9. The van der Waals surface area contributed by atoms with Gasteiger partial charge in [-0.25, -0.2) is 8.42 Å². The summed E-state index contributed by atoms with van der Waals surface area (Å²) in [6.45, 7) is 3.10. The third-order valence-corrected chi connectivity index (χ3v) is 3.32. The number of sulfone groups is 1. The zero-order valence-corrected chi connectivity index (χ0v) is 10.3. The number of hydrogen-bond donors (Lipinski definition) is 1. The van der Waals surface area contributed by atoms with Crippen molar-refractivity contribution < 1.29 is 13.2 Å². The van der Waals surface area contributed by atoms with Crippen LogP contribution in [0.4, 0.5) is 0 Å². The summed E-state index contributed by atoms with van der Waals surface area (Å²) in [5.74, 6) is 0.947. The van der Waals surface area contributed by atoms with E-state index in [1.54, 1.807) is 12.1 Å². The second-order valence-electron chi connectivity index (χ2n) is 3.90. The molecule has 1 atom stereocenters. The topological polar surface area (TPSA) is 69.4 Å². The van der Waals surface area contributed by atoms with Crippen LogP contribution in [-0.2, 0) is 9.84 Å². The van der Waals surface area contributed by atoms with Gasteiger partial charge in [0.1, 0.15) is 5.75 Å². The Morgan fingerprint density at radius 2 is 1.88 bits per heavy atom. The van der Waals surface area contributed by atoms with Gasteiger partial charge >= 0.3 is 0 Å². The smallest absolute Gasteiger partial charge is 0.175 e. The van der Waals surface area contributed by atoms with Crippen LogP contribution in [0.25, 0.3) is 0 Å². The van der Waals surface area contributed by atoms with Crippen molar-refractivity contribution in [2.75, 3.05) is 19.4 Å². The fraction of sp³-hybridized carbons (Fsp3) is 0.455. The van der Waals surface area contributed by atoms with Crippen molar-refractivity contribution in [3.63, 3.8) is 0 Å². The normalized spacial score (nSPS) is 13.4. The Labute approximate surface area is 96.3 Å². The largest absolute Gasteiger partial charge is 0.493 e. The SMILES string of the molecule is CC(CN)COc1ccc(S(C)(=O)=O)cc1. The molecule has 2 N–H and O–H groups in total. The molecule has 4 nitrogen and oxygen atoms in total. The van der Waals surface area contributed by atoms with Gasteiger partial charge < -0.3 is 10.5 Å². The zero-order valence-electron chi connectivity index (χ0n) is 9.51. The molecule has 1 aromatic carbocycles. The molecule has 1 aromatic rings. The lowest BCUT2D eigenvalue weighted by Gasteiger charge is -2.10. The van der Waals surface area contributed by atoms with Crippen molar-refractivity contribution in [3.05, 3.63) is 24.3 Å². The molecule has 0 aromatic heterocycles. The quantitative estimate of drug-likeness (QED) is 0.839. The molecule has 1 unspecified atom stereocenters. The van der Waals surface area contributed by atoms with E-state index in [4.69, 9.17) is 10.5 Å². The Kier molecular flexibility index (Phi) is 4.32. The van der Waals surface area contributed by atoms with Crippen LogP contribution in [-0.4, -0.2) is 27.8 Å². The Balaban J connectivity index is 2.66. The minimum absolute atomic E-state index is 0.287. The van der Waals surface area contributed by atoms with Crippen LogP contribution in [0.15, 0.2) is 29.2 Å². The minimum Gasteiger partial charge on any atom is -0.493 e. The van der Waals surface area contributed by atoms with Crippen molar-refractivity contribution in [3.8, 4) is 5.75 Å². The fourth-order valence-electron chi connectivity index (χ4n) is 1.09. The van der Waals surface area contributed by atoms with Gasteiger partial charge in [-0.3, -0.25) is 0 Å². The van der Waals surface area contributed by atoms with Gasteiger partial charge in [0.15, 0.2) is 9.84 Å². The highest BCUT2D eigenvalue weighted by Gasteiger charge is 2.06. The first-order valence-electron chi connectivity index (χ1n) is 5.06. The van der Waals surface area contributed by atoms with Crippen LogP contribution < -0.4 is 10.5 Å². The monoisotopic (exact) mass is 243 g/mol. The van der Waals surface area contributed by atoms with E-state index < -0.39 is 9.84 Å². The zero-order chi connectivity index (χ0) is 12.2. The molecule has 0 heterocycles. The summed E-state index contributed by atoms with van der Waals surface area (Å²) in [5, 5.41) is 0. The summed E-state index contributed by atoms with van der Waals surface area (Å²) >= 11 is 0. The molecular formula is C11H17NO3S. The molecule has 1 rings (SSSR count). The van der Waals surface area contributed by atoms with Gasteiger partial charge in [0.25, 0.3) is 0 Å². The highest BCUT2D eigenvalue weighted by atomic mass is 32.2. The molecule has 16 heavy (non-hydrogen) atoms. The molecule has 5 heteroatoms. The fourth-order valence-corrected chi connectivity index (χ4v) is 1.72. The van der Waals surface area contributed by atoms with E-state index in [1.165, 1.54) is 18.4 Å². The highest BCUT2D eigenvalue weighted by Crippen LogP contribution is 2.16. The molecule has 0 amide bonds. The first kappa shape index (κ1) is 13.0. The van der Waals surface area contributed by atoms with Gasteiger partial charge in [-0.05, 0) is 30.8 Å². The van der Waals surface area contributed by atoms with E-state index in [2.05, 4.69) is 0 Å². The molecular weight excluding hydrogens is 226 g/mol. The second-order valence-corrected chi connectivity index (χ2v) is 5.91. The molecule has 0 aliphatic carbocycles. The maximum atomic E-state index is 11.2. The van der Waals surface area contributed by atoms with Gasteiger partial charge in [-0.1, -0.05) is 6.92 Å². The average molecular weight is 243 g/mol. The highest BCUT2D eigenvalue weighted by molar-refractivity contribution is 7.90. The van der Waals surface area contributed by atoms with Crippen LogP contribution in [0.3, 0.4) is 0 Å². The van der Waals surface area contributed by atoms with E-state index in [0.717, 1.165) is 0 Å². The average Bonchev–Trinajstić information content (AvgIpc) is 2.25. The number of nitrogens with two attached hydrogens (primary N) is 1. The first-order valence-corrected chi connectivity index (χ1v) is 6.95. The molecule has 0 fully saturated rings. The molecule has 0 bridgehead atoms. The summed E-state index contributed by atoms with van der Waals surface area (Å²) in [5.41, 5.74) is 5.46. The Bertz CT molecular complexity index is 425. The lowest BCUT2D eigenvalue weighted by molar-refractivity contribution is 0.264. The van der Waals surface area contributed by atoms with Crippen LogP contribution in [0.2, 0.25) is 0 Å². The third-order valence-electron chi connectivity index (χ3n) is 2.19. The van der Waals surface area contributed by atoms with Crippen LogP contribution in [0, 0.1) is 5.92 Å². The number of rotatable bonds is 5. The van der Waals surface area contributed by atoms with E-state index in [0.29, 0.717) is 23.8 Å². The Morgan fingerprint density at radius 3 is 2.31 bits per heavy atom.